The standard InChI is InChI=1S/C20H28BClFNO4/c1-18(2,3)26-17(25)24-12-14(10-13-8-9-15(22)11-16(13)23)21-27-19(4,5)20(6,7)28-21/h8-11H,12H2,1-7H3,(H,24,25). The highest BCUT2D eigenvalue weighted by atomic mass is 35.5. The minimum absolute atomic E-state index is 0.0772. The van der Waals surface area contributed by atoms with Crippen LogP contribution < -0.4 is 5.32 Å². The van der Waals surface area contributed by atoms with Crippen LogP contribution >= 0.6 is 11.6 Å². The molecule has 8 heteroatoms. The first kappa shape index (κ1) is 22.7. The van der Waals surface area contributed by atoms with Crippen LogP contribution in [0.25, 0.3) is 6.08 Å². The zero-order valence-electron chi connectivity index (χ0n) is 17.5. The molecule has 0 radical (unpaired) electrons. The van der Waals surface area contributed by atoms with Crippen molar-refractivity contribution >= 4 is 30.9 Å². The molecule has 1 aromatic carbocycles. The summed E-state index contributed by atoms with van der Waals surface area (Å²) < 4.78 is 31.7. The average Bonchev–Trinajstić information content (AvgIpc) is 2.71. The molecule has 0 atom stereocenters. The van der Waals surface area contributed by atoms with Gasteiger partial charge in [-0.3, -0.25) is 0 Å². The van der Waals surface area contributed by atoms with Gasteiger partial charge in [-0.25, -0.2) is 9.18 Å². The summed E-state index contributed by atoms with van der Waals surface area (Å²) in [6.45, 7) is 13.1. The Morgan fingerprint density at radius 1 is 1.25 bits per heavy atom. The number of benzene rings is 1. The molecule has 0 spiro atoms. The van der Waals surface area contributed by atoms with Crippen LogP contribution in [-0.4, -0.2) is 36.6 Å². The SMILES string of the molecule is CC(C)(C)OC(=O)NCC(=Cc1ccc(Cl)cc1F)B1OC(C)(C)C(C)(C)O1. The van der Waals surface area contributed by atoms with Crippen LogP contribution in [0.4, 0.5) is 9.18 Å². The highest BCUT2D eigenvalue weighted by Crippen LogP contribution is 2.38. The first-order valence-electron chi connectivity index (χ1n) is 9.18. The normalized spacial score (nSPS) is 18.9. The van der Waals surface area contributed by atoms with Crippen molar-refractivity contribution in [2.24, 2.45) is 0 Å². The van der Waals surface area contributed by atoms with E-state index in [9.17, 15) is 9.18 Å². The fourth-order valence-corrected chi connectivity index (χ4v) is 2.66. The van der Waals surface area contributed by atoms with E-state index in [1.165, 1.54) is 6.07 Å². The van der Waals surface area contributed by atoms with Gasteiger partial charge in [0.15, 0.2) is 0 Å². The first-order chi connectivity index (χ1) is 12.7. The second-order valence-corrected chi connectivity index (χ2v) is 9.27. The third-order valence-electron chi connectivity index (χ3n) is 4.70. The molecule has 154 valence electrons. The number of carbonyl (C=O) groups excluding carboxylic acids is 1. The van der Waals surface area contributed by atoms with Crippen molar-refractivity contribution in [3.63, 3.8) is 0 Å². The molecule has 1 saturated heterocycles. The Labute approximate surface area is 171 Å². The quantitative estimate of drug-likeness (QED) is 0.707. The van der Waals surface area contributed by atoms with E-state index in [2.05, 4.69) is 5.32 Å². The molecule has 1 heterocycles. The third kappa shape index (κ3) is 5.72. The number of alkyl carbamates (subject to hydrolysis) is 1. The number of hydrogen-bond acceptors (Lipinski definition) is 4. The van der Waals surface area contributed by atoms with Crippen molar-refractivity contribution < 1.29 is 23.2 Å². The summed E-state index contributed by atoms with van der Waals surface area (Å²) in [7, 11) is -0.741. The Morgan fingerprint density at radius 2 is 1.82 bits per heavy atom. The molecule has 0 aliphatic carbocycles. The van der Waals surface area contributed by atoms with E-state index in [0.29, 0.717) is 16.1 Å². The zero-order valence-corrected chi connectivity index (χ0v) is 18.2. The number of amides is 1. The zero-order chi connectivity index (χ0) is 21.3. The Balaban J connectivity index is 2.28. The lowest BCUT2D eigenvalue weighted by molar-refractivity contribution is 0.00578. The van der Waals surface area contributed by atoms with Gasteiger partial charge in [-0.1, -0.05) is 23.7 Å². The summed E-state index contributed by atoms with van der Waals surface area (Å²) in [6.07, 6.45) is 1.03. The van der Waals surface area contributed by atoms with Crippen molar-refractivity contribution in [3.8, 4) is 0 Å². The molecule has 28 heavy (non-hydrogen) atoms. The molecule has 1 fully saturated rings. The maximum Gasteiger partial charge on any atom is 0.492 e. The Bertz CT molecular complexity index is 758. The molecular weight excluding hydrogens is 383 g/mol. The van der Waals surface area contributed by atoms with E-state index in [-0.39, 0.29) is 6.54 Å². The van der Waals surface area contributed by atoms with Crippen molar-refractivity contribution in [1.29, 1.82) is 0 Å². The number of rotatable bonds is 4. The smallest absolute Gasteiger partial charge is 0.444 e. The fraction of sp³-hybridized carbons (Fsp3) is 0.550. The van der Waals surface area contributed by atoms with Crippen molar-refractivity contribution in [1.82, 2.24) is 5.32 Å². The maximum absolute atomic E-state index is 14.3. The molecule has 1 aromatic rings. The Morgan fingerprint density at radius 3 is 2.32 bits per heavy atom. The van der Waals surface area contributed by atoms with Crippen molar-refractivity contribution in [3.05, 3.63) is 40.1 Å². The van der Waals surface area contributed by atoms with Gasteiger partial charge >= 0.3 is 13.2 Å². The van der Waals surface area contributed by atoms with Gasteiger partial charge < -0.3 is 19.4 Å². The summed E-state index contributed by atoms with van der Waals surface area (Å²) >= 11 is 5.84. The lowest BCUT2D eigenvalue weighted by Gasteiger charge is -2.32. The van der Waals surface area contributed by atoms with Gasteiger partial charge in [0.1, 0.15) is 11.4 Å². The largest absolute Gasteiger partial charge is 0.492 e. The summed E-state index contributed by atoms with van der Waals surface area (Å²) in [5.41, 5.74) is -0.880. The lowest BCUT2D eigenvalue weighted by Crippen LogP contribution is -2.41. The number of ether oxygens (including phenoxy) is 1. The molecule has 1 N–H and O–H groups in total. The second kappa shape index (κ2) is 8.05. The van der Waals surface area contributed by atoms with Crippen molar-refractivity contribution in [2.45, 2.75) is 65.3 Å². The molecule has 1 aliphatic rings. The molecule has 0 bridgehead atoms. The van der Waals surface area contributed by atoms with Crippen LogP contribution in [0.5, 0.6) is 0 Å². The van der Waals surface area contributed by atoms with Gasteiger partial charge in [-0.15, -0.1) is 0 Å². The molecule has 0 saturated carbocycles. The number of nitrogens with one attached hydrogen (secondary N) is 1. The number of hydrogen-bond donors (Lipinski definition) is 1. The minimum Gasteiger partial charge on any atom is -0.444 e. The van der Waals surface area contributed by atoms with Gasteiger partial charge in [0.2, 0.25) is 0 Å². The van der Waals surface area contributed by atoms with Gasteiger partial charge in [0.25, 0.3) is 0 Å². The van der Waals surface area contributed by atoms with Crippen LogP contribution in [0.15, 0.2) is 23.7 Å². The second-order valence-electron chi connectivity index (χ2n) is 8.83. The van der Waals surface area contributed by atoms with Gasteiger partial charge in [-0.2, -0.15) is 0 Å². The first-order valence-corrected chi connectivity index (χ1v) is 9.56. The monoisotopic (exact) mass is 411 g/mol. The average molecular weight is 412 g/mol. The number of halogens is 2. The van der Waals surface area contributed by atoms with E-state index in [0.717, 1.165) is 0 Å². The molecule has 2 rings (SSSR count). The van der Waals surface area contributed by atoms with Gasteiger partial charge in [-0.05, 0) is 66.1 Å². The van der Waals surface area contributed by atoms with Gasteiger partial charge in [0, 0.05) is 17.1 Å². The fourth-order valence-electron chi connectivity index (χ4n) is 2.50. The summed E-state index contributed by atoms with van der Waals surface area (Å²) in [5.74, 6) is -0.473. The van der Waals surface area contributed by atoms with E-state index in [1.54, 1.807) is 39.0 Å². The Kier molecular flexibility index (Phi) is 6.53. The van der Waals surface area contributed by atoms with E-state index in [1.807, 2.05) is 27.7 Å². The molecule has 0 unspecified atom stereocenters. The summed E-state index contributed by atoms with van der Waals surface area (Å²) in [6, 6.07) is 4.40. The Hall–Kier alpha value is -1.57. The molecule has 5 nitrogen and oxygen atoms in total. The van der Waals surface area contributed by atoms with Crippen LogP contribution in [0.1, 0.15) is 54.0 Å². The van der Waals surface area contributed by atoms with Crippen LogP contribution in [0.2, 0.25) is 5.02 Å². The molecule has 0 aromatic heterocycles. The van der Waals surface area contributed by atoms with Gasteiger partial charge in [0.05, 0.1) is 11.2 Å². The van der Waals surface area contributed by atoms with E-state index >= 15 is 0 Å². The van der Waals surface area contributed by atoms with Crippen LogP contribution in [-0.2, 0) is 14.0 Å². The lowest BCUT2D eigenvalue weighted by atomic mass is 9.77. The molecule has 1 amide bonds. The summed E-state index contributed by atoms with van der Waals surface area (Å²) in [5, 5.41) is 2.99. The molecule has 1 aliphatic heterocycles. The summed E-state index contributed by atoms with van der Waals surface area (Å²) in [4.78, 5) is 12.1. The van der Waals surface area contributed by atoms with Crippen molar-refractivity contribution in [2.75, 3.05) is 6.54 Å². The predicted molar refractivity (Wildman–Crippen MR) is 110 cm³/mol. The van der Waals surface area contributed by atoms with Crippen LogP contribution in [0, 0.1) is 5.82 Å². The maximum atomic E-state index is 14.3. The topological polar surface area (TPSA) is 56.8 Å². The third-order valence-corrected chi connectivity index (χ3v) is 4.93. The highest BCUT2D eigenvalue weighted by Gasteiger charge is 2.52. The highest BCUT2D eigenvalue weighted by molar-refractivity contribution is 6.56. The molecular formula is C20H28BClFNO4. The van der Waals surface area contributed by atoms with Crippen LogP contribution in [0.3, 0.4) is 0 Å². The van der Waals surface area contributed by atoms with E-state index in [4.69, 9.17) is 25.6 Å². The van der Waals surface area contributed by atoms with E-state index < -0.39 is 35.8 Å². The predicted octanol–water partition coefficient (Wildman–Crippen LogP) is 5.02. The number of carbonyl (C=O) groups is 1. The minimum atomic E-state index is -0.741.